The van der Waals surface area contributed by atoms with Gasteiger partial charge in [0.1, 0.15) is 0 Å². The first-order valence-electron chi connectivity index (χ1n) is 31.1. The summed E-state index contributed by atoms with van der Waals surface area (Å²) in [6.07, 6.45) is 72.0. The second-order valence-electron chi connectivity index (χ2n) is 21.4. The first kappa shape index (κ1) is 67.3. The van der Waals surface area contributed by atoms with E-state index in [2.05, 4.69) is 43.5 Å². The van der Waals surface area contributed by atoms with Crippen LogP contribution < -0.4 is 5.32 Å². The lowest BCUT2D eigenvalue weighted by molar-refractivity contribution is -0.143. The molecule has 6 heteroatoms. The highest BCUT2D eigenvalue weighted by molar-refractivity contribution is 5.76. The van der Waals surface area contributed by atoms with Gasteiger partial charge < -0.3 is 20.3 Å². The highest BCUT2D eigenvalue weighted by Crippen LogP contribution is 2.17. The fourth-order valence-corrected chi connectivity index (χ4v) is 9.69. The van der Waals surface area contributed by atoms with Gasteiger partial charge in [-0.15, -0.1) is 0 Å². The first-order valence-corrected chi connectivity index (χ1v) is 31.1. The predicted molar refractivity (Wildman–Crippen MR) is 301 cm³/mol. The Morgan fingerprint density at radius 2 is 0.681 bits per heavy atom. The van der Waals surface area contributed by atoms with Crippen LogP contribution in [-0.2, 0) is 14.3 Å². The molecule has 1 amide bonds. The summed E-state index contributed by atoms with van der Waals surface area (Å²) in [5, 5.41) is 23.1. The zero-order valence-electron chi connectivity index (χ0n) is 46.6. The summed E-state index contributed by atoms with van der Waals surface area (Å²) in [7, 11) is 0. The smallest absolute Gasteiger partial charge is 0.305 e. The number of hydrogen-bond donors (Lipinski definition) is 3. The van der Waals surface area contributed by atoms with Gasteiger partial charge in [0, 0.05) is 12.8 Å². The zero-order chi connectivity index (χ0) is 50.0. The van der Waals surface area contributed by atoms with Gasteiger partial charge in [-0.2, -0.15) is 0 Å². The molecule has 3 N–H and O–H groups in total. The summed E-state index contributed by atoms with van der Waals surface area (Å²) in [6.45, 7) is 4.94. The van der Waals surface area contributed by atoms with Gasteiger partial charge in [0.05, 0.1) is 25.4 Å². The second kappa shape index (κ2) is 58.9. The van der Waals surface area contributed by atoms with Crippen molar-refractivity contribution in [3.8, 4) is 0 Å². The van der Waals surface area contributed by atoms with Crippen LogP contribution in [0.1, 0.15) is 341 Å². The molecule has 0 aliphatic heterocycles. The molecule has 0 radical (unpaired) electrons. The number of ether oxygens (including phenoxy) is 1. The number of allylic oxidation sites excluding steroid dienone is 4. The number of unbranched alkanes of at least 4 members (excludes halogenated alkanes) is 43. The molecule has 0 spiro atoms. The third-order valence-electron chi connectivity index (χ3n) is 14.5. The molecule has 408 valence electrons. The molecule has 0 aromatic carbocycles. The SMILES string of the molecule is CCCCCCCCC/C=C\CCCCCCCCCC(=O)OCCCCCCCCCCCCCC/C=C\CCCCCCCCCCCC(=O)NC(CO)C(O)CCCCCCCCCCC. The molecule has 2 atom stereocenters. The lowest BCUT2D eigenvalue weighted by atomic mass is 10.0. The minimum absolute atomic E-state index is 0.0107. The number of amides is 1. The van der Waals surface area contributed by atoms with Crippen molar-refractivity contribution in [1.82, 2.24) is 5.32 Å². The predicted octanol–water partition coefficient (Wildman–Crippen LogP) is 19.4. The van der Waals surface area contributed by atoms with Crippen molar-refractivity contribution in [2.45, 2.75) is 353 Å². The minimum atomic E-state index is -0.663. The van der Waals surface area contributed by atoms with Crippen molar-refractivity contribution in [3.05, 3.63) is 24.3 Å². The molecule has 69 heavy (non-hydrogen) atoms. The Balaban J connectivity index is 3.35. The standard InChI is InChI=1S/C63H121NO5/c1-3-5-7-9-11-13-14-15-16-17-28-31-34-37-41-45-49-53-57-63(68)69-58-54-50-46-42-38-35-32-29-26-24-22-20-18-19-21-23-25-27-30-33-36-40-44-48-52-56-62(67)64-60(59-65)61(66)55-51-47-43-39-12-10-8-6-4-2/h16-17,19,21,60-61,65-66H,3-15,18,20,22-59H2,1-2H3,(H,64,67)/b17-16-,21-19-. The topological polar surface area (TPSA) is 95.9 Å². The third-order valence-corrected chi connectivity index (χ3v) is 14.5. The maximum atomic E-state index is 12.4. The fourth-order valence-electron chi connectivity index (χ4n) is 9.69. The zero-order valence-corrected chi connectivity index (χ0v) is 46.6. The Hall–Kier alpha value is -1.66. The minimum Gasteiger partial charge on any atom is -0.466 e. The number of rotatable bonds is 58. The molecule has 0 bridgehead atoms. The Bertz CT molecular complexity index is 1080. The van der Waals surface area contributed by atoms with Gasteiger partial charge in [-0.1, -0.05) is 276 Å². The molecule has 0 saturated carbocycles. The Morgan fingerprint density at radius 1 is 0.391 bits per heavy atom. The molecular weight excluding hydrogens is 851 g/mol. The maximum absolute atomic E-state index is 12.4. The highest BCUT2D eigenvalue weighted by atomic mass is 16.5. The number of carbonyl (C=O) groups is 2. The molecule has 0 aliphatic rings. The van der Waals surface area contributed by atoms with Crippen molar-refractivity contribution in [2.75, 3.05) is 13.2 Å². The summed E-state index contributed by atoms with van der Waals surface area (Å²) in [4.78, 5) is 24.5. The number of esters is 1. The third kappa shape index (κ3) is 55.5. The lowest BCUT2D eigenvalue weighted by Crippen LogP contribution is -2.45. The molecule has 0 aromatic heterocycles. The monoisotopic (exact) mass is 972 g/mol. The van der Waals surface area contributed by atoms with Crippen LogP contribution in [0.25, 0.3) is 0 Å². The number of aliphatic hydroxyl groups is 2. The van der Waals surface area contributed by atoms with Crippen molar-refractivity contribution >= 4 is 11.9 Å². The number of hydrogen-bond acceptors (Lipinski definition) is 5. The van der Waals surface area contributed by atoms with E-state index >= 15 is 0 Å². The first-order chi connectivity index (χ1) is 34.0. The lowest BCUT2D eigenvalue weighted by Gasteiger charge is -2.22. The Labute approximate surface area is 431 Å². The van der Waals surface area contributed by atoms with E-state index in [4.69, 9.17) is 4.74 Å². The maximum Gasteiger partial charge on any atom is 0.305 e. The van der Waals surface area contributed by atoms with E-state index < -0.39 is 12.1 Å². The van der Waals surface area contributed by atoms with Crippen LogP contribution in [0.4, 0.5) is 0 Å². The van der Waals surface area contributed by atoms with Gasteiger partial charge in [-0.25, -0.2) is 0 Å². The van der Waals surface area contributed by atoms with Gasteiger partial charge in [0.15, 0.2) is 0 Å². The quantitative estimate of drug-likeness (QED) is 0.0321. The molecular formula is C63H121NO5. The Morgan fingerprint density at radius 3 is 1.03 bits per heavy atom. The van der Waals surface area contributed by atoms with Gasteiger partial charge in [-0.3, -0.25) is 9.59 Å². The largest absolute Gasteiger partial charge is 0.466 e. The number of nitrogens with one attached hydrogen (secondary N) is 1. The molecule has 2 unspecified atom stereocenters. The van der Waals surface area contributed by atoms with Crippen LogP contribution in [0.15, 0.2) is 24.3 Å². The van der Waals surface area contributed by atoms with E-state index in [1.165, 1.54) is 263 Å². The van der Waals surface area contributed by atoms with Crippen LogP contribution in [0, 0.1) is 0 Å². The van der Waals surface area contributed by atoms with Crippen LogP contribution >= 0.6 is 0 Å². The van der Waals surface area contributed by atoms with Crippen LogP contribution in [0.2, 0.25) is 0 Å². The highest BCUT2D eigenvalue weighted by Gasteiger charge is 2.20. The van der Waals surface area contributed by atoms with Crippen molar-refractivity contribution in [3.63, 3.8) is 0 Å². The number of aliphatic hydroxyl groups excluding tert-OH is 2. The summed E-state index contributed by atoms with van der Waals surface area (Å²) in [5.41, 5.74) is 0. The van der Waals surface area contributed by atoms with Crippen LogP contribution in [0.3, 0.4) is 0 Å². The fraction of sp³-hybridized carbons (Fsp3) is 0.905. The summed E-state index contributed by atoms with van der Waals surface area (Å²) in [6, 6.07) is -0.541. The molecule has 6 nitrogen and oxygen atoms in total. The molecule has 0 aromatic rings. The average Bonchev–Trinajstić information content (AvgIpc) is 3.35. The summed E-state index contributed by atoms with van der Waals surface area (Å²) >= 11 is 0. The van der Waals surface area contributed by atoms with Crippen LogP contribution in [0.5, 0.6) is 0 Å². The molecule has 0 aliphatic carbocycles. The van der Waals surface area contributed by atoms with Gasteiger partial charge in [0.2, 0.25) is 5.91 Å². The van der Waals surface area contributed by atoms with Gasteiger partial charge in [0.25, 0.3) is 0 Å². The van der Waals surface area contributed by atoms with E-state index in [0.29, 0.717) is 25.9 Å². The number of carbonyl (C=O) groups excluding carboxylic acids is 2. The van der Waals surface area contributed by atoms with Crippen LogP contribution in [-0.4, -0.2) is 47.4 Å². The van der Waals surface area contributed by atoms with E-state index in [1.54, 1.807) is 0 Å². The normalized spacial score (nSPS) is 12.7. The van der Waals surface area contributed by atoms with E-state index in [-0.39, 0.29) is 18.5 Å². The van der Waals surface area contributed by atoms with Gasteiger partial charge in [-0.05, 0) is 77.0 Å². The van der Waals surface area contributed by atoms with E-state index in [0.717, 1.165) is 44.9 Å². The van der Waals surface area contributed by atoms with Crippen molar-refractivity contribution in [2.24, 2.45) is 0 Å². The second-order valence-corrected chi connectivity index (χ2v) is 21.4. The summed E-state index contributed by atoms with van der Waals surface area (Å²) < 4.78 is 5.50. The van der Waals surface area contributed by atoms with E-state index in [9.17, 15) is 19.8 Å². The Kier molecular flexibility index (Phi) is 57.5. The molecule has 0 heterocycles. The van der Waals surface area contributed by atoms with E-state index in [1.807, 2.05) is 0 Å². The average molecular weight is 973 g/mol. The van der Waals surface area contributed by atoms with Crippen molar-refractivity contribution < 1.29 is 24.5 Å². The van der Waals surface area contributed by atoms with Crippen molar-refractivity contribution in [1.29, 1.82) is 0 Å². The molecule has 0 rings (SSSR count). The molecule has 0 fully saturated rings. The molecule has 0 saturated heterocycles. The summed E-state index contributed by atoms with van der Waals surface area (Å²) in [5.74, 6) is -0.0290. The van der Waals surface area contributed by atoms with Gasteiger partial charge >= 0.3 is 5.97 Å².